The van der Waals surface area contributed by atoms with Crippen LogP contribution in [0, 0.1) is 0 Å². The molecule has 0 radical (unpaired) electrons. The summed E-state index contributed by atoms with van der Waals surface area (Å²) in [5, 5.41) is 12.5. The Morgan fingerprint density at radius 1 is 1.03 bits per heavy atom. The van der Waals surface area contributed by atoms with Crippen molar-refractivity contribution in [2.45, 2.75) is 32.1 Å². The molecule has 1 amide bonds. The summed E-state index contributed by atoms with van der Waals surface area (Å²) in [6.45, 7) is 0.580. The normalized spacial score (nSPS) is 10.6. The van der Waals surface area contributed by atoms with Crippen LogP contribution in [0.5, 0.6) is 11.5 Å². The Bertz CT molecular complexity index is 940. The lowest BCUT2D eigenvalue weighted by molar-refractivity contribution is -0.129. The largest absolute Gasteiger partial charge is 0.497 e. The van der Waals surface area contributed by atoms with Gasteiger partial charge in [-0.15, -0.1) is 0 Å². The zero-order chi connectivity index (χ0) is 21.2. The zero-order valence-electron chi connectivity index (χ0n) is 16.8. The summed E-state index contributed by atoms with van der Waals surface area (Å²) in [6.07, 6.45) is 3.82. The average Bonchev–Trinajstić information content (AvgIpc) is 3.29. The SMILES string of the molecule is COc1ccc(-c2noc(-c3cccc(OCCCCCCC(=O)NO)c3)n2)cc1. The Balaban J connectivity index is 1.50. The number of carbonyl (C=O) groups excluding carboxylic acids is 1. The molecule has 0 aliphatic heterocycles. The highest BCUT2D eigenvalue weighted by Crippen LogP contribution is 2.26. The Morgan fingerprint density at radius 3 is 2.60 bits per heavy atom. The fraction of sp³-hybridized carbons (Fsp3) is 0.318. The van der Waals surface area contributed by atoms with Crippen molar-refractivity contribution in [1.82, 2.24) is 15.6 Å². The number of hydroxylamine groups is 1. The molecular formula is C22H25N3O5. The van der Waals surface area contributed by atoms with Gasteiger partial charge in [0, 0.05) is 17.5 Å². The highest BCUT2D eigenvalue weighted by atomic mass is 16.5. The number of nitrogens with zero attached hydrogens (tertiary/aromatic N) is 2. The molecule has 1 heterocycles. The number of carbonyl (C=O) groups is 1. The second-order valence-corrected chi connectivity index (χ2v) is 6.73. The minimum atomic E-state index is -0.348. The van der Waals surface area contributed by atoms with Crippen molar-refractivity contribution in [1.29, 1.82) is 0 Å². The van der Waals surface area contributed by atoms with Crippen LogP contribution in [0.1, 0.15) is 32.1 Å². The fourth-order valence-corrected chi connectivity index (χ4v) is 2.90. The van der Waals surface area contributed by atoms with Crippen LogP contribution in [0.3, 0.4) is 0 Å². The van der Waals surface area contributed by atoms with Gasteiger partial charge in [0.1, 0.15) is 11.5 Å². The molecule has 0 aliphatic carbocycles. The molecule has 3 rings (SSSR count). The number of hydrogen-bond donors (Lipinski definition) is 2. The Hall–Kier alpha value is -3.39. The minimum absolute atomic E-state index is 0.335. The lowest BCUT2D eigenvalue weighted by atomic mass is 10.1. The van der Waals surface area contributed by atoms with Gasteiger partial charge in [-0.3, -0.25) is 10.0 Å². The molecule has 0 saturated heterocycles. The number of nitrogens with one attached hydrogen (secondary N) is 1. The van der Waals surface area contributed by atoms with E-state index >= 15 is 0 Å². The van der Waals surface area contributed by atoms with E-state index in [2.05, 4.69) is 10.1 Å². The molecule has 0 atom stereocenters. The molecule has 8 nitrogen and oxygen atoms in total. The van der Waals surface area contributed by atoms with Crippen molar-refractivity contribution < 1.29 is 24.0 Å². The van der Waals surface area contributed by atoms with Gasteiger partial charge >= 0.3 is 0 Å². The van der Waals surface area contributed by atoms with Gasteiger partial charge in [-0.05, 0) is 55.3 Å². The third kappa shape index (κ3) is 6.05. The van der Waals surface area contributed by atoms with Crippen molar-refractivity contribution in [3.8, 4) is 34.3 Å². The fourth-order valence-electron chi connectivity index (χ4n) is 2.90. The van der Waals surface area contributed by atoms with E-state index in [0.717, 1.165) is 48.3 Å². The maximum absolute atomic E-state index is 10.9. The molecule has 0 saturated carbocycles. The van der Waals surface area contributed by atoms with Crippen LogP contribution >= 0.6 is 0 Å². The standard InChI is InChI=1S/C22H25N3O5/c1-28-18-12-10-16(11-13-18)21-23-22(30-25-21)17-7-6-8-19(15-17)29-14-5-3-2-4-9-20(26)24-27/h6-8,10-13,15,27H,2-5,9,14H2,1H3,(H,24,26). The Kier molecular flexibility index (Phi) is 7.79. The summed E-state index contributed by atoms with van der Waals surface area (Å²) < 4.78 is 16.4. The van der Waals surface area contributed by atoms with Crippen molar-refractivity contribution in [2.75, 3.05) is 13.7 Å². The summed E-state index contributed by atoms with van der Waals surface area (Å²) >= 11 is 0. The molecule has 0 aliphatic rings. The Morgan fingerprint density at radius 2 is 1.83 bits per heavy atom. The summed E-state index contributed by atoms with van der Waals surface area (Å²) in [6, 6.07) is 15.0. The predicted molar refractivity (Wildman–Crippen MR) is 110 cm³/mol. The first kappa shape index (κ1) is 21.3. The minimum Gasteiger partial charge on any atom is -0.497 e. The number of aromatic nitrogens is 2. The predicted octanol–water partition coefficient (Wildman–Crippen LogP) is 4.25. The summed E-state index contributed by atoms with van der Waals surface area (Å²) in [5.74, 6) is 2.08. The maximum Gasteiger partial charge on any atom is 0.258 e. The number of unbranched alkanes of at least 4 members (excludes halogenated alkanes) is 3. The van der Waals surface area contributed by atoms with Crippen molar-refractivity contribution in [2.24, 2.45) is 0 Å². The van der Waals surface area contributed by atoms with Gasteiger partial charge in [0.15, 0.2) is 0 Å². The lowest BCUT2D eigenvalue weighted by Crippen LogP contribution is -2.17. The van der Waals surface area contributed by atoms with Crippen LogP contribution in [0.15, 0.2) is 53.1 Å². The molecule has 0 bridgehead atoms. The third-order valence-corrected chi connectivity index (χ3v) is 4.55. The topological polar surface area (TPSA) is 107 Å². The van der Waals surface area contributed by atoms with E-state index in [4.69, 9.17) is 19.2 Å². The van der Waals surface area contributed by atoms with Crippen LogP contribution in [-0.4, -0.2) is 35.0 Å². The Labute approximate surface area is 174 Å². The number of benzene rings is 2. The second-order valence-electron chi connectivity index (χ2n) is 6.73. The molecule has 0 unspecified atom stereocenters. The first-order valence-corrected chi connectivity index (χ1v) is 9.84. The van der Waals surface area contributed by atoms with Crippen LogP contribution in [-0.2, 0) is 4.79 Å². The van der Waals surface area contributed by atoms with E-state index in [1.807, 2.05) is 48.5 Å². The maximum atomic E-state index is 10.9. The summed E-state index contributed by atoms with van der Waals surface area (Å²) in [5.41, 5.74) is 3.27. The van der Waals surface area contributed by atoms with Gasteiger partial charge in [-0.25, -0.2) is 5.48 Å². The molecule has 2 N–H and O–H groups in total. The van der Waals surface area contributed by atoms with Gasteiger partial charge in [0.2, 0.25) is 11.7 Å². The van der Waals surface area contributed by atoms with Crippen LogP contribution in [0.2, 0.25) is 0 Å². The summed E-state index contributed by atoms with van der Waals surface area (Å²) in [4.78, 5) is 15.4. The first-order valence-electron chi connectivity index (χ1n) is 9.84. The smallest absolute Gasteiger partial charge is 0.258 e. The molecule has 8 heteroatoms. The monoisotopic (exact) mass is 411 g/mol. The van der Waals surface area contributed by atoms with Crippen molar-refractivity contribution in [3.63, 3.8) is 0 Å². The zero-order valence-corrected chi connectivity index (χ0v) is 16.8. The number of hydrogen-bond acceptors (Lipinski definition) is 7. The first-order chi connectivity index (χ1) is 14.7. The van der Waals surface area contributed by atoms with Crippen LogP contribution < -0.4 is 15.0 Å². The van der Waals surface area contributed by atoms with Crippen LogP contribution in [0.25, 0.3) is 22.8 Å². The molecule has 0 fully saturated rings. The third-order valence-electron chi connectivity index (χ3n) is 4.55. The van der Waals surface area contributed by atoms with Gasteiger partial charge in [0.25, 0.3) is 5.89 Å². The molecule has 30 heavy (non-hydrogen) atoms. The van der Waals surface area contributed by atoms with Crippen LogP contribution in [0.4, 0.5) is 0 Å². The van der Waals surface area contributed by atoms with E-state index in [1.165, 1.54) is 0 Å². The molecule has 3 aromatic rings. The van der Waals surface area contributed by atoms with Gasteiger partial charge < -0.3 is 14.0 Å². The second kappa shape index (κ2) is 11.0. The van der Waals surface area contributed by atoms with Gasteiger partial charge in [-0.2, -0.15) is 4.98 Å². The number of amides is 1. The number of rotatable bonds is 11. The van der Waals surface area contributed by atoms with Crippen molar-refractivity contribution in [3.05, 3.63) is 48.5 Å². The van der Waals surface area contributed by atoms with Crippen molar-refractivity contribution >= 4 is 5.91 Å². The number of ether oxygens (including phenoxy) is 2. The number of methoxy groups -OCH3 is 1. The van der Waals surface area contributed by atoms with Gasteiger partial charge in [0.05, 0.1) is 13.7 Å². The lowest BCUT2D eigenvalue weighted by Gasteiger charge is -2.07. The molecule has 0 spiro atoms. The van der Waals surface area contributed by atoms with Gasteiger partial charge in [-0.1, -0.05) is 24.1 Å². The molecule has 158 valence electrons. The van der Waals surface area contributed by atoms with E-state index in [-0.39, 0.29) is 5.91 Å². The molecule has 2 aromatic carbocycles. The highest BCUT2D eigenvalue weighted by Gasteiger charge is 2.11. The van der Waals surface area contributed by atoms with E-state index in [1.54, 1.807) is 12.6 Å². The molecule has 1 aromatic heterocycles. The average molecular weight is 411 g/mol. The van der Waals surface area contributed by atoms with E-state index in [0.29, 0.717) is 24.7 Å². The quantitative estimate of drug-likeness (QED) is 0.276. The van der Waals surface area contributed by atoms with E-state index < -0.39 is 0 Å². The highest BCUT2D eigenvalue weighted by molar-refractivity contribution is 5.74. The summed E-state index contributed by atoms with van der Waals surface area (Å²) in [7, 11) is 1.62. The van der Waals surface area contributed by atoms with E-state index in [9.17, 15) is 4.79 Å². The molecular weight excluding hydrogens is 386 g/mol.